The van der Waals surface area contributed by atoms with Crippen LogP contribution in [0.4, 0.5) is 0 Å². The molecule has 0 N–H and O–H groups in total. The van der Waals surface area contributed by atoms with Crippen molar-refractivity contribution in [3.05, 3.63) is 94.8 Å². The van der Waals surface area contributed by atoms with Gasteiger partial charge in [0.2, 0.25) is 5.91 Å². The highest BCUT2D eigenvalue weighted by atomic mass is 35.5. The molecule has 0 fully saturated rings. The number of carbonyl (C=O) groups excluding carboxylic acids is 1. The maximum atomic E-state index is 13.2. The van der Waals surface area contributed by atoms with Gasteiger partial charge in [0.15, 0.2) is 0 Å². The summed E-state index contributed by atoms with van der Waals surface area (Å²) in [5.74, 6) is 0.125. The number of hydrogen-bond acceptors (Lipinski definition) is 2. The number of pyridine rings is 1. The highest BCUT2D eigenvalue weighted by Crippen LogP contribution is 2.27. The van der Waals surface area contributed by atoms with Gasteiger partial charge in [-0.05, 0) is 41.8 Å². The summed E-state index contributed by atoms with van der Waals surface area (Å²) in [7, 11) is 0. The molecule has 0 bridgehead atoms. The van der Waals surface area contributed by atoms with E-state index in [1.54, 1.807) is 0 Å². The summed E-state index contributed by atoms with van der Waals surface area (Å²) in [5, 5.41) is 0.683. The Morgan fingerprint density at radius 3 is 2.55 bits per heavy atom. The minimum atomic E-state index is 0.125. The third kappa shape index (κ3) is 3.40. The van der Waals surface area contributed by atoms with Crippen LogP contribution >= 0.6 is 11.6 Å². The van der Waals surface area contributed by atoms with Crippen molar-refractivity contribution >= 4 is 23.2 Å². The van der Waals surface area contributed by atoms with Crippen LogP contribution in [-0.2, 0) is 24.2 Å². The predicted molar refractivity (Wildman–Crippen MR) is 115 cm³/mol. The zero-order chi connectivity index (χ0) is 19.8. The van der Waals surface area contributed by atoms with Crippen LogP contribution in [-0.4, -0.2) is 26.7 Å². The average molecular weight is 402 g/mol. The molecular formula is C24H20ClN3O. The molecule has 0 aliphatic carbocycles. The number of halogens is 1. The van der Waals surface area contributed by atoms with Gasteiger partial charge in [0, 0.05) is 29.9 Å². The van der Waals surface area contributed by atoms with Crippen molar-refractivity contribution in [3.8, 4) is 11.3 Å². The van der Waals surface area contributed by atoms with Gasteiger partial charge < -0.3 is 9.30 Å². The highest BCUT2D eigenvalue weighted by Gasteiger charge is 2.23. The first-order valence-electron chi connectivity index (χ1n) is 9.75. The topological polar surface area (TPSA) is 37.6 Å². The van der Waals surface area contributed by atoms with Crippen LogP contribution in [0.2, 0.25) is 5.02 Å². The first-order valence-corrected chi connectivity index (χ1v) is 10.1. The van der Waals surface area contributed by atoms with Gasteiger partial charge in [-0.15, -0.1) is 0 Å². The van der Waals surface area contributed by atoms with E-state index in [0.29, 0.717) is 18.0 Å². The molecule has 1 aliphatic heterocycles. The number of nitrogens with zero attached hydrogens (tertiary/aromatic N) is 3. The third-order valence-corrected chi connectivity index (χ3v) is 5.80. The minimum Gasteiger partial charge on any atom is -0.338 e. The van der Waals surface area contributed by atoms with E-state index in [0.717, 1.165) is 35.6 Å². The molecule has 1 amide bonds. The van der Waals surface area contributed by atoms with Crippen molar-refractivity contribution < 1.29 is 4.79 Å². The molecule has 0 unspecified atom stereocenters. The molecule has 0 saturated carbocycles. The Hall–Kier alpha value is -3.11. The van der Waals surface area contributed by atoms with Gasteiger partial charge >= 0.3 is 0 Å². The first-order chi connectivity index (χ1) is 14.2. The van der Waals surface area contributed by atoms with Crippen LogP contribution in [0.15, 0.2) is 72.9 Å². The molecule has 1 aliphatic rings. The van der Waals surface area contributed by atoms with Crippen LogP contribution in [0.25, 0.3) is 16.9 Å². The van der Waals surface area contributed by atoms with Gasteiger partial charge in [0.05, 0.1) is 17.8 Å². The number of rotatable bonds is 3. The summed E-state index contributed by atoms with van der Waals surface area (Å²) in [4.78, 5) is 20.0. The Balaban J connectivity index is 1.49. The van der Waals surface area contributed by atoms with Crippen LogP contribution in [0.1, 0.15) is 16.8 Å². The minimum absolute atomic E-state index is 0.125. The lowest BCUT2D eigenvalue weighted by Crippen LogP contribution is -2.37. The van der Waals surface area contributed by atoms with Crippen LogP contribution in [0.5, 0.6) is 0 Å². The van der Waals surface area contributed by atoms with E-state index in [4.69, 9.17) is 16.6 Å². The van der Waals surface area contributed by atoms with E-state index in [1.165, 1.54) is 11.1 Å². The zero-order valence-electron chi connectivity index (χ0n) is 15.9. The van der Waals surface area contributed by atoms with E-state index >= 15 is 0 Å². The molecular weight excluding hydrogens is 382 g/mol. The number of aromatic nitrogens is 2. The molecule has 144 valence electrons. The van der Waals surface area contributed by atoms with E-state index in [-0.39, 0.29) is 5.91 Å². The quantitative estimate of drug-likeness (QED) is 0.495. The van der Waals surface area contributed by atoms with Gasteiger partial charge in [-0.2, -0.15) is 0 Å². The maximum absolute atomic E-state index is 13.2. The molecule has 0 spiro atoms. The van der Waals surface area contributed by atoms with Crippen LogP contribution in [0, 0.1) is 0 Å². The molecule has 0 atom stereocenters. The lowest BCUT2D eigenvalue weighted by Gasteiger charge is -2.29. The average Bonchev–Trinajstić information content (AvgIpc) is 3.12. The van der Waals surface area contributed by atoms with Gasteiger partial charge in [0.25, 0.3) is 0 Å². The number of benzene rings is 2. The second-order valence-corrected chi connectivity index (χ2v) is 7.79. The van der Waals surface area contributed by atoms with E-state index in [9.17, 15) is 4.79 Å². The van der Waals surface area contributed by atoms with Gasteiger partial charge in [0.1, 0.15) is 5.65 Å². The summed E-state index contributed by atoms with van der Waals surface area (Å²) in [5.41, 5.74) is 6.12. The summed E-state index contributed by atoms with van der Waals surface area (Å²) in [6.07, 6.45) is 3.18. The fraction of sp³-hybridized carbons (Fsp3) is 0.167. The molecule has 4 aromatic rings. The molecule has 2 aromatic carbocycles. The molecule has 5 heteroatoms. The van der Waals surface area contributed by atoms with Crippen molar-refractivity contribution in [3.63, 3.8) is 0 Å². The summed E-state index contributed by atoms with van der Waals surface area (Å²) >= 11 is 6.06. The first kappa shape index (κ1) is 18.0. The lowest BCUT2D eigenvalue weighted by atomic mass is 9.99. The molecule has 5 rings (SSSR count). The Morgan fingerprint density at radius 1 is 0.966 bits per heavy atom. The second kappa shape index (κ2) is 7.37. The Labute approximate surface area is 174 Å². The molecule has 29 heavy (non-hydrogen) atoms. The highest BCUT2D eigenvalue weighted by molar-refractivity contribution is 6.30. The number of hydrogen-bond donors (Lipinski definition) is 0. The van der Waals surface area contributed by atoms with Crippen LogP contribution in [0.3, 0.4) is 0 Å². The molecule has 0 saturated heterocycles. The van der Waals surface area contributed by atoms with E-state index in [1.807, 2.05) is 64.0 Å². The standard InChI is InChI=1S/C24H20ClN3O/c25-20-10-8-18(9-11-20)24-21(28-13-4-3-7-22(28)26-24)15-23(29)27-14-12-17-5-1-2-6-19(17)16-27/h1-11,13H,12,14-16H2. The van der Waals surface area contributed by atoms with Gasteiger partial charge in [-0.1, -0.05) is 54.1 Å². The number of fused-ring (bicyclic) bond motifs is 2. The molecule has 4 nitrogen and oxygen atoms in total. The smallest absolute Gasteiger partial charge is 0.228 e. The molecule has 3 heterocycles. The van der Waals surface area contributed by atoms with Crippen molar-refractivity contribution in [2.75, 3.05) is 6.54 Å². The van der Waals surface area contributed by atoms with Crippen molar-refractivity contribution in [2.45, 2.75) is 19.4 Å². The molecule has 2 aromatic heterocycles. The monoisotopic (exact) mass is 401 g/mol. The third-order valence-electron chi connectivity index (χ3n) is 5.55. The lowest BCUT2D eigenvalue weighted by molar-refractivity contribution is -0.131. The Bertz CT molecular complexity index is 1200. The summed E-state index contributed by atoms with van der Waals surface area (Å²) in [6, 6.07) is 21.9. The SMILES string of the molecule is O=C(Cc1c(-c2ccc(Cl)cc2)nc2ccccn12)N1CCc2ccccc2C1. The Morgan fingerprint density at radius 2 is 1.72 bits per heavy atom. The maximum Gasteiger partial charge on any atom is 0.228 e. The van der Waals surface area contributed by atoms with Crippen molar-refractivity contribution in [2.24, 2.45) is 0 Å². The number of carbonyl (C=O) groups is 1. The summed E-state index contributed by atoms with van der Waals surface area (Å²) in [6.45, 7) is 1.42. The van der Waals surface area contributed by atoms with E-state index < -0.39 is 0 Å². The van der Waals surface area contributed by atoms with E-state index in [2.05, 4.69) is 18.2 Å². The van der Waals surface area contributed by atoms with Gasteiger partial charge in [-0.3, -0.25) is 4.79 Å². The Kier molecular flexibility index (Phi) is 4.57. The number of amides is 1. The molecule has 0 radical (unpaired) electrons. The largest absolute Gasteiger partial charge is 0.338 e. The predicted octanol–water partition coefficient (Wildman–Crippen LogP) is 4.78. The zero-order valence-corrected chi connectivity index (χ0v) is 16.6. The number of imidazole rings is 1. The fourth-order valence-electron chi connectivity index (χ4n) is 4.02. The van der Waals surface area contributed by atoms with Crippen LogP contribution < -0.4 is 0 Å². The fourth-order valence-corrected chi connectivity index (χ4v) is 4.14. The van der Waals surface area contributed by atoms with Crippen molar-refractivity contribution in [1.82, 2.24) is 14.3 Å². The van der Waals surface area contributed by atoms with Crippen molar-refractivity contribution in [1.29, 1.82) is 0 Å². The normalized spacial score (nSPS) is 13.5. The van der Waals surface area contributed by atoms with Gasteiger partial charge in [-0.25, -0.2) is 4.98 Å². The summed E-state index contributed by atoms with van der Waals surface area (Å²) < 4.78 is 2.01. The second-order valence-electron chi connectivity index (χ2n) is 7.35.